The first kappa shape index (κ1) is 19.7. The van der Waals surface area contributed by atoms with Gasteiger partial charge >= 0.3 is 0 Å². The summed E-state index contributed by atoms with van der Waals surface area (Å²) in [4.78, 5) is 13.7. The maximum Gasteiger partial charge on any atom is 0.230 e. The molecule has 0 saturated carbocycles. The molecule has 0 radical (unpaired) electrons. The van der Waals surface area contributed by atoms with Crippen molar-refractivity contribution in [3.05, 3.63) is 46.2 Å². The number of ether oxygens (including phenoxy) is 2. The maximum atomic E-state index is 12.4. The van der Waals surface area contributed by atoms with Gasteiger partial charge in [-0.3, -0.25) is 4.79 Å². The number of amides is 1. The van der Waals surface area contributed by atoms with Crippen molar-refractivity contribution in [2.24, 2.45) is 0 Å². The monoisotopic (exact) mass is 431 g/mol. The zero-order valence-corrected chi connectivity index (χ0v) is 17.5. The first-order chi connectivity index (χ1) is 14.2. The zero-order chi connectivity index (χ0) is 20.1. The first-order valence-corrected chi connectivity index (χ1v) is 11.2. The molecule has 10 heteroatoms. The van der Waals surface area contributed by atoms with Gasteiger partial charge in [0.05, 0.1) is 18.3 Å². The van der Waals surface area contributed by atoms with Crippen molar-refractivity contribution in [1.29, 1.82) is 0 Å². The summed E-state index contributed by atoms with van der Waals surface area (Å²) < 4.78 is 12.9. The van der Waals surface area contributed by atoms with Crippen molar-refractivity contribution < 1.29 is 14.3 Å². The van der Waals surface area contributed by atoms with Crippen LogP contribution >= 0.6 is 23.1 Å². The van der Waals surface area contributed by atoms with Crippen LogP contribution in [0.5, 0.6) is 11.5 Å². The minimum absolute atomic E-state index is 0.0785. The molecule has 1 N–H and O–H groups in total. The van der Waals surface area contributed by atoms with E-state index in [0.717, 1.165) is 17.7 Å². The van der Waals surface area contributed by atoms with Crippen molar-refractivity contribution in [1.82, 2.24) is 25.5 Å². The minimum atomic E-state index is -0.145. The Morgan fingerprint density at radius 2 is 2.17 bits per heavy atom. The Hall–Kier alpha value is -2.59. The van der Waals surface area contributed by atoms with E-state index in [1.165, 1.54) is 16.6 Å². The van der Waals surface area contributed by atoms with Gasteiger partial charge in [-0.2, -0.15) is 0 Å². The Balaban J connectivity index is 1.28. The predicted molar refractivity (Wildman–Crippen MR) is 111 cm³/mol. The molecule has 0 saturated heterocycles. The van der Waals surface area contributed by atoms with Gasteiger partial charge in [-0.05, 0) is 46.5 Å². The normalized spacial score (nSPS) is 13.8. The summed E-state index contributed by atoms with van der Waals surface area (Å²) in [7, 11) is 0. The molecule has 1 aliphatic rings. The number of benzene rings is 1. The van der Waals surface area contributed by atoms with Crippen LogP contribution in [0.3, 0.4) is 0 Å². The number of aromatic nitrogens is 4. The lowest BCUT2D eigenvalue weighted by molar-refractivity contribution is -0.119. The Kier molecular flexibility index (Phi) is 6.30. The van der Waals surface area contributed by atoms with E-state index in [2.05, 4.69) is 32.3 Å². The Morgan fingerprint density at radius 1 is 1.31 bits per heavy atom. The average Bonchev–Trinajstić information content (AvgIpc) is 3.42. The quantitative estimate of drug-likeness (QED) is 0.548. The lowest BCUT2D eigenvalue weighted by Gasteiger charge is -2.21. The van der Waals surface area contributed by atoms with E-state index in [1.807, 2.05) is 31.2 Å². The Morgan fingerprint density at radius 3 is 3.00 bits per heavy atom. The van der Waals surface area contributed by atoms with Crippen LogP contribution in [0.2, 0.25) is 0 Å². The second-order valence-corrected chi connectivity index (χ2v) is 8.47. The predicted octanol–water partition coefficient (Wildman–Crippen LogP) is 2.72. The molecular weight excluding hydrogens is 410 g/mol. The molecule has 29 heavy (non-hydrogen) atoms. The zero-order valence-electron chi connectivity index (χ0n) is 15.9. The van der Waals surface area contributed by atoms with Gasteiger partial charge in [0, 0.05) is 11.3 Å². The molecule has 0 spiro atoms. The number of hydrogen-bond donors (Lipinski definition) is 1. The second-order valence-electron chi connectivity index (χ2n) is 6.49. The number of fused-ring (bicyclic) bond motifs is 1. The van der Waals surface area contributed by atoms with Crippen molar-refractivity contribution in [3.8, 4) is 11.5 Å². The number of thiophene rings is 1. The van der Waals surface area contributed by atoms with E-state index in [-0.39, 0.29) is 17.7 Å². The fourth-order valence-corrected chi connectivity index (χ4v) is 4.35. The Labute approximate surface area is 176 Å². The van der Waals surface area contributed by atoms with Crippen LogP contribution in [0.1, 0.15) is 23.4 Å². The van der Waals surface area contributed by atoms with Gasteiger partial charge in [0.2, 0.25) is 11.1 Å². The number of nitrogens with one attached hydrogen (secondary N) is 1. The van der Waals surface area contributed by atoms with Gasteiger partial charge in [-0.15, -0.1) is 16.4 Å². The fourth-order valence-electron chi connectivity index (χ4n) is 2.94. The summed E-state index contributed by atoms with van der Waals surface area (Å²) in [6.45, 7) is 3.72. The highest BCUT2D eigenvalue weighted by molar-refractivity contribution is 7.99. The van der Waals surface area contributed by atoms with E-state index in [0.29, 0.717) is 30.7 Å². The molecule has 1 unspecified atom stereocenters. The van der Waals surface area contributed by atoms with Gasteiger partial charge in [0.1, 0.15) is 13.2 Å². The van der Waals surface area contributed by atoms with Gasteiger partial charge in [-0.25, -0.2) is 4.68 Å². The second kappa shape index (κ2) is 9.27. The number of nitrogens with zero attached hydrogens (tertiary/aromatic N) is 4. The van der Waals surface area contributed by atoms with Crippen LogP contribution in [-0.2, 0) is 17.8 Å². The van der Waals surface area contributed by atoms with Gasteiger partial charge in [0.15, 0.2) is 11.5 Å². The van der Waals surface area contributed by atoms with E-state index in [4.69, 9.17) is 9.47 Å². The summed E-state index contributed by atoms with van der Waals surface area (Å²) in [6.07, 6.45) is 0.865. The van der Waals surface area contributed by atoms with E-state index < -0.39 is 0 Å². The molecule has 4 rings (SSSR count). The van der Waals surface area contributed by atoms with E-state index in [9.17, 15) is 4.79 Å². The van der Waals surface area contributed by atoms with Gasteiger partial charge in [-0.1, -0.05) is 23.9 Å². The number of rotatable bonds is 8. The molecular formula is C19H21N5O3S2. The lowest BCUT2D eigenvalue weighted by Crippen LogP contribution is -2.28. The number of aryl methyl sites for hydroxylation is 2. The summed E-state index contributed by atoms with van der Waals surface area (Å²) in [5.41, 5.74) is 0.966. The van der Waals surface area contributed by atoms with E-state index >= 15 is 0 Å². The molecule has 1 atom stereocenters. The number of carbonyl (C=O) groups is 1. The summed E-state index contributed by atoms with van der Waals surface area (Å²) in [6, 6.07) is 9.71. The van der Waals surface area contributed by atoms with Crippen LogP contribution in [0.4, 0.5) is 0 Å². The average molecular weight is 432 g/mol. The largest absolute Gasteiger partial charge is 0.486 e. The van der Waals surface area contributed by atoms with Crippen LogP contribution in [0.25, 0.3) is 0 Å². The fraction of sp³-hybridized carbons (Fsp3) is 0.368. The van der Waals surface area contributed by atoms with Crippen LogP contribution in [0.15, 0.2) is 40.9 Å². The Bertz CT molecular complexity index is 961. The maximum absolute atomic E-state index is 12.4. The molecule has 3 aromatic rings. The third-order valence-electron chi connectivity index (χ3n) is 4.43. The molecule has 1 amide bonds. The third-order valence-corrected chi connectivity index (χ3v) is 6.32. The van der Waals surface area contributed by atoms with Crippen molar-refractivity contribution in [2.45, 2.75) is 31.1 Å². The van der Waals surface area contributed by atoms with Crippen LogP contribution in [0, 0.1) is 0 Å². The number of carbonyl (C=O) groups excluding carboxylic acids is 1. The van der Waals surface area contributed by atoms with Crippen molar-refractivity contribution >= 4 is 29.0 Å². The number of tetrazole rings is 1. The number of hydrogen-bond acceptors (Lipinski definition) is 8. The molecule has 152 valence electrons. The topological polar surface area (TPSA) is 91.2 Å². The SMILES string of the molecule is CC(NC(=O)CSc1nnnn1CCc1cccs1)c1ccc2c(c1)OCCO2. The molecule has 8 nitrogen and oxygen atoms in total. The van der Waals surface area contributed by atoms with Crippen molar-refractivity contribution in [3.63, 3.8) is 0 Å². The molecule has 1 aromatic carbocycles. The molecule has 0 bridgehead atoms. The molecule has 0 fully saturated rings. The van der Waals surface area contributed by atoms with Crippen molar-refractivity contribution in [2.75, 3.05) is 19.0 Å². The molecule has 0 aliphatic carbocycles. The summed E-state index contributed by atoms with van der Waals surface area (Å²) >= 11 is 3.05. The summed E-state index contributed by atoms with van der Waals surface area (Å²) in [5, 5.41) is 17.5. The molecule has 2 aromatic heterocycles. The molecule has 1 aliphatic heterocycles. The van der Waals surface area contributed by atoms with Gasteiger partial charge in [0.25, 0.3) is 0 Å². The smallest absolute Gasteiger partial charge is 0.230 e. The van der Waals surface area contributed by atoms with Crippen LogP contribution in [-0.4, -0.2) is 45.1 Å². The van der Waals surface area contributed by atoms with Crippen LogP contribution < -0.4 is 14.8 Å². The summed E-state index contributed by atoms with van der Waals surface area (Å²) in [5.74, 6) is 1.62. The lowest BCUT2D eigenvalue weighted by atomic mass is 10.1. The third kappa shape index (κ3) is 5.07. The number of thioether (sulfide) groups is 1. The molecule has 3 heterocycles. The van der Waals surface area contributed by atoms with Gasteiger partial charge < -0.3 is 14.8 Å². The highest BCUT2D eigenvalue weighted by Crippen LogP contribution is 2.32. The van der Waals surface area contributed by atoms with E-state index in [1.54, 1.807) is 16.0 Å². The first-order valence-electron chi connectivity index (χ1n) is 9.29. The highest BCUT2D eigenvalue weighted by atomic mass is 32.2. The standard InChI is InChI=1S/C19H21N5O3S2/c1-13(14-4-5-16-17(11-14)27-9-8-26-16)20-18(25)12-29-19-21-22-23-24(19)7-6-15-3-2-10-28-15/h2-5,10-11,13H,6-9,12H2,1H3,(H,20,25). The highest BCUT2D eigenvalue weighted by Gasteiger charge is 2.17. The minimum Gasteiger partial charge on any atom is -0.486 e.